The van der Waals surface area contributed by atoms with Crippen LogP contribution >= 0.6 is 0 Å². The maximum Gasteiger partial charge on any atom is 0.243 e. The lowest BCUT2D eigenvalue weighted by atomic mass is 10.1. The van der Waals surface area contributed by atoms with Gasteiger partial charge in [0.2, 0.25) is 11.8 Å². The Labute approximate surface area is 160 Å². The zero-order valence-electron chi connectivity index (χ0n) is 16.3. The molecular formula is C22H26N2O3. The smallest absolute Gasteiger partial charge is 0.243 e. The van der Waals surface area contributed by atoms with Crippen molar-refractivity contribution in [3.05, 3.63) is 65.7 Å². The number of carbonyl (C=O) groups is 3. The maximum atomic E-state index is 13.0. The van der Waals surface area contributed by atoms with Gasteiger partial charge >= 0.3 is 0 Å². The van der Waals surface area contributed by atoms with Gasteiger partial charge in [-0.25, -0.2) is 0 Å². The summed E-state index contributed by atoms with van der Waals surface area (Å²) in [7, 11) is 0. The topological polar surface area (TPSA) is 57.7 Å². The van der Waals surface area contributed by atoms with Crippen LogP contribution in [-0.2, 0) is 16.1 Å². The molecule has 0 heterocycles. The molecule has 5 nitrogen and oxygen atoms in total. The van der Waals surface area contributed by atoms with Gasteiger partial charge in [0.05, 0.1) is 0 Å². The minimum Gasteiger partial charge on any atom is -0.334 e. The summed E-state index contributed by atoms with van der Waals surface area (Å²) in [4.78, 5) is 39.9. The van der Waals surface area contributed by atoms with Crippen molar-refractivity contribution < 1.29 is 14.4 Å². The first-order valence-corrected chi connectivity index (χ1v) is 9.02. The van der Waals surface area contributed by atoms with E-state index in [0.29, 0.717) is 17.8 Å². The first-order chi connectivity index (χ1) is 12.8. The number of nitrogens with zero attached hydrogens (tertiary/aromatic N) is 2. The number of anilines is 1. The molecule has 0 aliphatic carbocycles. The van der Waals surface area contributed by atoms with E-state index in [1.165, 1.54) is 18.7 Å². The third-order valence-electron chi connectivity index (χ3n) is 4.38. The van der Waals surface area contributed by atoms with Crippen LogP contribution in [0.5, 0.6) is 0 Å². The lowest BCUT2D eigenvalue weighted by Gasteiger charge is -2.30. The van der Waals surface area contributed by atoms with Gasteiger partial charge in [-0.2, -0.15) is 0 Å². The molecule has 2 aromatic rings. The fraction of sp³-hybridized carbons (Fsp3) is 0.318. The number of amides is 2. The van der Waals surface area contributed by atoms with Gasteiger partial charge in [-0.15, -0.1) is 0 Å². The van der Waals surface area contributed by atoms with Crippen LogP contribution in [0.15, 0.2) is 54.6 Å². The number of benzene rings is 2. The maximum absolute atomic E-state index is 13.0. The van der Waals surface area contributed by atoms with E-state index < -0.39 is 0 Å². The minimum absolute atomic E-state index is 0.00457. The fourth-order valence-corrected chi connectivity index (χ4v) is 2.84. The molecule has 142 valence electrons. The van der Waals surface area contributed by atoms with Crippen LogP contribution in [0, 0.1) is 0 Å². The van der Waals surface area contributed by atoms with Crippen molar-refractivity contribution >= 4 is 23.3 Å². The molecule has 2 amide bonds. The summed E-state index contributed by atoms with van der Waals surface area (Å²) in [5, 5.41) is 0. The first-order valence-electron chi connectivity index (χ1n) is 9.02. The van der Waals surface area contributed by atoms with E-state index in [0.717, 1.165) is 5.56 Å². The highest BCUT2D eigenvalue weighted by Crippen LogP contribution is 2.18. The van der Waals surface area contributed by atoms with Crippen molar-refractivity contribution in [2.24, 2.45) is 0 Å². The molecule has 0 bridgehead atoms. The third kappa shape index (κ3) is 5.51. The summed E-state index contributed by atoms with van der Waals surface area (Å²) >= 11 is 0. The molecule has 0 atom stereocenters. The highest BCUT2D eigenvalue weighted by molar-refractivity contribution is 6.00. The van der Waals surface area contributed by atoms with Crippen molar-refractivity contribution in [1.82, 2.24) is 4.90 Å². The molecule has 2 rings (SSSR count). The zero-order chi connectivity index (χ0) is 20.0. The summed E-state index contributed by atoms with van der Waals surface area (Å²) in [6, 6.07) is 16.6. The Morgan fingerprint density at radius 3 is 2.15 bits per heavy atom. The number of carbonyl (C=O) groups excluding carboxylic acids is 3. The van der Waals surface area contributed by atoms with Crippen molar-refractivity contribution in [2.45, 2.75) is 40.3 Å². The molecule has 0 aliphatic heterocycles. The second-order valence-electron chi connectivity index (χ2n) is 6.81. The summed E-state index contributed by atoms with van der Waals surface area (Å²) < 4.78 is 0. The van der Waals surface area contributed by atoms with Gasteiger partial charge in [0.1, 0.15) is 6.54 Å². The van der Waals surface area contributed by atoms with E-state index in [-0.39, 0.29) is 30.2 Å². The zero-order valence-corrected chi connectivity index (χ0v) is 16.3. The summed E-state index contributed by atoms with van der Waals surface area (Å²) in [5.74, 6) is -0.468. The second-order valence-corrected chi connectivity index (χ2v) is 6.81. The average Bonchev–Trinajstić information content (AvgIpc) is 2.64. The lowest BCUT2D eigenvalue weighted by Crippen LogP contribution is -2.44. The molecule has 0 saturated carbocycles. The van der Waals surface area contributed by atoms with Gasteiger partial charge in [0, 0.05) is 30.8 Å². The molecular weight excluding hydrogens is 340 g/mol. The number of hydrogen-bond acceptors (Lipinski definition) is 3. The van der Waals surface area contributed by atoms with Crippen LogP contribution in [-0.4, -0.2) is 35.1 Å². The molecule has 0 unspecified atom stereocenters. The van der Waals surface area contributed by atoms with Crippen molar-refractivity contribution in [3.63, 3.8) is 0 Å². The summed E-state index contributed by atoms with van der Waals surface area (Å²) in [5.41, 5.74) is 2.09. The van der Waals surface area contributed by atoms with Crippen LogP contribution < -0.4 is 4.90 Å². The standard InChI is InChI=1S/C22H26N2O3/c1-16(2)23(14-19-9-6-5-7-10-19)22(27)15-24(18(4)26)21-12-8-11-20(13-21)17(3)25/h5-13,16H,14-15H2,1-4H3. The number of hydrogen-bond donors (Lipinski definition) is 0. The molecule has 0 aromatic heterocycles. The van der Waals surface area contributed by atoms with Crippen LogP contribution in [0.25, 0.3) is 0 Å². The lowest BCUT2D eigenvalue weighted by molar-refractivity contribution is -0.133. The van der Waals surface area contributed by atoms with Crippen molar-refractivity contribution in [2.75, 3.05) is 11.4 Å². The molecule has 5 heteroatoms. The Morgan fingerprint density at radius 1 is 0.926 bits per heavy atom. The number of rotatable bonds is 7. The van der Waals surface area contributed by atoms with Gasteiger partial charge in [-0.05, 0) is 38.5 Å². The average molecular weight is 366 g/mol. The predicted molar refractivity (Wildman–Crippen MR) is 107 cm³/mol. The fourth-order valence-electron chi connectivity index (χ4n) is 2.84. The van der Waals surface area contributed by atoms with Gasteiger partial charge in [0.15, 0.2) is 5.78 Å². The van der Waals surface area contributed by atoms with Gasteiger partial charge in [-0.3, -0.25) is 14.4 Å². The third-order valence-corrected chi connectivity index (χ3v) is 4.38. The van der Waals surface area contributed by atoms with Crippen LogP contribution in [0.2, 0.25) is 0 Å². The molecule has 2 aromatic carbocycles. The summed E-state index contributed by atoms with van der Waals surface area (Å²) in [6.07, 6.45) is 0. The molecule has 0 N–H and O–H groups in total. The normalized spacial score (nSPS) is 10.6. The Hall–Kier alpha value is -2.95. The van der Waals surface area contributed by atoms with E-state index >= 15 is 0 Å². The van der Waals surface area contributed by atoms with Gasteiger partial charge < -0.3 is 9.80 Å². The van der Waals surface area contributed by atoms with E-state index in [9.17, 15) is 14.4 Å². The van der Waals surface area contributed by atoms with Crippen molar-refractivity contribution in [3.8, 4) is 0 Å². The Bertz CT molecular complexity index is 815. The molecule has 27 heavy (non-hydrogen) atoms. The Kier molecular flexibility index (Phi) is 6.88. The Morgan fingerprint density at radius 2 is 1.59 bits per heavy atom. The van der Waals surface area contributed by atoms with Crippen molar-refractivity contribution in [1.29, 1.82) is 0 Å². The van der Waals surface area contributed by atoms with Gasteiger partial charge in [0.25, 0.3) is 0 Å². The SMILES string of the molecule is CC(=O)c1cccc(N(CC(=O)N(Cc2ccccc2)C(C)C)C(C)=O)c1. The van der Waals surface area contributed by atoms with E-state index in [2.05, 4.69) is 0 Å². The van der Waals surface area contributed by atoms with E-state index in [1.807, 2.05) is 44.2 Å². The van der Waals surface area contributed by atoms with E-state index in [4.69, 9.17) is 0 Å². The predicted octanol–water partition coefficient (Wildman–Crippen LogP) is 3.68. The minimum atomic E-state index is -0.243. The second kappa shape index (κ2) is 9.12. The Balaban J connectivity index is 2.23. The van der Waals surface area contributed by atoms with Crippen LogP contribution in [0.4, 0.5) is 5.69 Å². The van der Waals surface area contributed by atoms with Crippen LogP contribution in [0.3, 0.4) is 0 Å². The monoisotopic (exact) mass is 366 g/mol. The first kappa shape index (κ1) is 20.4. The van der Waals surface area contributed by atoms with Crippen LogP contribution in [0.1, 0.15) is 43.6 Å². The molecule has 0 spiro atoms. The molecule has 0 fully saturated rings. The van der Waals surface area contributed by atoms with E-state index in [1.54, 1.807) is 29.2 Å². The van der Waals surface area contributed by atoms with Gasteiger partial charge in [-0.1, -0.05) is 42.5 Å². The largest absolute Gasteiger partial charge is 0.334 e. The molecule has 0 aliphatic rings. The quantitative estimate of drug-likeness (QED) is 0.703. The number of ketones is 1. The highest BCUT2D eigenvalue weighted by Gasteiger charge is 2.23. The molecule has 0 radical (unpaired) electrons. The highest BCUT2D eigenvalue weighted by atomic mass is 16.2. The summed E-state index contributed by atoms with van der Waals surface area (Å²) in [6.45, 7) is 7.22. The number of Topliss-reactive ketones (excluding diaryl/α,β-unsaturated/α-hetero) is 1. The molecule has 0 saturated heterocycles.